The van der Waals surface area contributed by atoms with E-state index in [4.69, 9.17) is 8.94 Å². The second kappa shape index (κ2) is 5.00. The molecule has 1 atom stereocenters. The number of rotatable bonds is 5. The summed E-state index contributed by atoms with van der Waals surface area (Å²) in [7, 11) is 1.99. The van der Waals surface area contributed by atoms with Gasteiger partial charge in [-0.25, -0.2) is 0 Å². The highest BCUT2D eigenvalue weighted by molar-refractivity contribution is 5.81. The zero-order chi connectivity index (χ0) is 14.2. The first kappa shape index (κ1) is 12.6. The van der Waals surface area contributed by atoms with Gasteiger partial charge in [0.25, 0.3) is 0 Å². The molecule has 1 unspecified atom stereocenters. The standard InChI is InChI=1S/C16H17N3O2/c1-17-12(10-6-7-10)9-15-18-16(19-21-15)14-8-11-4-2-3-5-13(11)20-14/h2-5,8,10,12,17H,6-7,9H2,1H3. The van der Waals surface area contributed by atoms with Crippen molar-refractivity contribution >= 4 is 11.0 Å². The normalized spacial score (nSPS) is 16.4. The molecule has 1 fully saturated rings. The van der Waals surface area contributed by atoms with E-state index in [9.17, 15) is 0 Å². The fourth-order valence-electron chi connectivity index (χ4n) is 2.72. The lowest BCUT2D eigenvalue weighted by Gasteiger charge is -2.11. The molecule has 0 aliphatic heterocycles. The first-order valence-corrected chi connectivity index (χ1v) is 7.32. The number of nitrogens with zero attached hydrogens (tertiary/aromatic N) is 2. The molecule has 4 rings (SSSR count). The molecular formula is C16H17N3O2. The highest BCUT2D eigenvalue weighted by Gasteiger charge is 2.31. The van der Waals surface area contributed by atoms with Gasteiger partial charge in [-0.2, -0.15) is 4.98 Å². The maximum atomic E-state index is 5.76. The molecule has 0 saturated heterocycles. The Balaban J connectivity index is 1.58. The van der Waals surface area contributed by atoms with Crippen molar-refractivity contribution in [2.75, 3.05) is 7.05 Å². The Morgan fingerprint density at radius 1 is 1.33 bits per heavy atom. The third-order valence-corrected chi connectivity index (χ3v) is 4.07. The summed E-state index contributed by atoms with van der Waals surface area (Å²) in [6.07, 6.45) is 3.35. The average molecular weight is 283 g/mol. The highest BCUT2D eigenvalue weighted by atomic mass is 16.5. The molecule has 1 aliphatic carbocycles. The fraction of sp³-hybridized carbons (Fsp3) is 0.375. The molecule has 5 nitrogen and oxygen atoms in total. The van der Waals surface area contributed by atoms with Gasteiger partial charge in [0, 0.05) is 17.8 Å². The number of para-hydroxylation sites is 1. The van der Waals surface area contributed by atoms with E-state index in [1.807, 2.05) is 37.4 Å². The van der Waals surface area contributed by atoms with Crippen molar-refractivity contribution in [1.29, 1.82) is 0 Å². The van der Waals surface area contributed by atoms with Gasteiger partial charge in [0.15, 0.2) is 5.76 Å². The number of hydrogen-bond acceptors (Lipinski definition) is 5. The summed E-state index contributed by atoms with van der Waals surface area (Å²) in [6, 6.07) is 10.2. The molecule has 21 heavy (non-hydrogen) atoms. The van der Waals surface area contributed by atoms with Crippen LogP contribution in [0, 0.1) is 5.92 Å². The molecule has 3 aromatic rings. The summed E-state index contributed by atoms with van der Waals surface area (Å²) < 4.78 is 11.1. The van der Waals surface area contributed by atoms with E-state index in [1.54, 1.807) is 0 Å². The molecule has 108 valence electrons. The van der Waals surface area contributed by atoms with Crippen LogP contribution in [0.15, 0.2) is 39.3 Å². The molecule has 0 amide bonds. The first-order chi connectivity index (χ1) is 10.3. The van der Waals surface area contributed by atoms with E-state index >= 15 is 0 Å². The molecule has 5 heteroatoms. The number of furan rings is 1. The third-order valence-electron chi connectivity index (χ3n) is 4.07. The van der Waals surface area contributed by atoms with Crippen molar-refractivity contribution in [3.63, 3.8) is 0 Å². The maximum Gasteiger partial charge on any atom is 0.238 e. The largest absolute Gasteiger partial charge is 0.453 e. The van der Waals surface area contributed by atoms with Gasteiger partial charge in [-0.05, 0) is 37.9 Å². The first-order valence-electron chi connectivity index (χ1n) is 7.32. The van der Waals surface area contributed by atoms with Crippen molar-refractivity contribution in [3.05, 3.63) is 36.2 Å². The number of benzene rings is 1. The van der Waals surface area contributed by atoms with Gasteiger partial charge in [0.1, 0.15) is 5.58 Å². The minimum absolute atomic E-state index is 0.425. The Morgan fingerprint density at radius 3 is 2.95 bits per heavy atom. The van der Waals surface area contributed by atoms with Crippen LogP contribution in [0.2, 0.25) is 0 Å². The molecule has 0 bridgehead atoms. The molecule has 0 radical (unpaired) electrons. The summed E-state index contributed by atoms with van der Waals surface area (Å²) in [6.45, 7) is 0. The van der Waals surface area contributed by atoms with Crippen LogP contribution >= 0.6 is 0 Å². The summed E-state index contributed by atoms with van der Waals surface area (Å²) in [5.74, 6) is 2.58. The average Bonchev–Trinajstić information content (AvgIpc) is 3.09. The quantitative estimate of drug-likeness (QED) is 0.779. The molecule has 2 aromatic heterocycles. The third kappa shape index (κ3) is 2.45. The lowest BCUT2D eigenvalue weighted by atomic mass is 10.1. The second-order valence-corrected chi connectivity index (χ2v) is 5.60. The van der Waals surface area contributed by atoms with Crippen LogP contribution in [0.25, 0.3) is 22.6 Å². The number of hydrogen-bond donors (Lipinski definition) is 1. The predicted octanol–water partition coefficient (Wildman–Crippen LogP) is 3.02. The summed E-state index contributed by atoms with van der Waals surface area (Å²) in [5.41, 5.74) is 0.838. The van der Waals surface area contributed by atoms with Crippen LogP contribution in [0.1, 0.15) is 18.7 Å². The Bertz CT molecular complexity index is 725. The molecular weight excluding hydrogens is 266 g/mol. The Hall–Kier alpha value is -2.14. The molecule has 1 aliphatic rings. The van der Waals surface area contributed by atoms with Crippen LogP contribution in [-0.2, 0) is 6.42 Å². The molecule has 0 spiro atoms. The number of fused-ring (bicyclic) bond motifs is 1. The van der Waals surface area contributed by atoms with Crippen molar-refractivity contribution in [3.8, 4) is 11.6 Å². The van der Waals surface area contributed by atoms with Crippen molar-refractivity contribution in [2.24, 2.45) is 5.92 Å². The van der Waals surface area contributed by atoms with Gasteiger partial charge in [-0.15, -0.1) is 0 Å². The van der Waals surface area contributed by atoms with Crippen molar-refractivity contribution in [1.82, 2.24) is 15.5 Å². The monoisotopic (exact) mass is 283 g/mol. The highest BCUT2D eigenvalue weighted by Crippen LogP contribution is 2.34. The number of aromatic nitrogens is 2. The van der Waals surface area contributed by atoms with Gasteiger partial charge in [-0.3, -0.25) is 0 Å². The van der Waals surface area contributed by atoms with E-state index in [2.05, 4.69) is 15.5 Å². The van der Waals surface area contributed by atoms with E-state index in [-0.39, 0.29) is 0 Å². The van der Waals surface area contributed by atoms with E-state index in [1.165, 1.54) is 12.8 Å². The summed E-state index contributed by atoms with van der Waals surface area (Å²) in [4.78, 5) is 4.46. The van der Waals surface area contributed by atoms with Gasteiger partial charge >= 0.3 is 0 Å². The van der Waals surface area contributed by atoms with E-state index in [0.29, 0.717) is 23.5 Å². The minimum Gasteiger partial charge on any atom is -0.453 e. The Labute approximate surface area is 122 Å². The topological polar surface area (TPSA) is 64.1 Å². The zero-order valence-electron chi connectivity index (χ0n) is 11.9. The second-order valence-electron chi connectivity index (χ2n) is 5.60. The van der Waals surface area contributed by atoms with Crippen molar-refractivity contribution in [2.45, 2.75) is 25.3 Å². The lowest BCUT2D eigenvalue weighted by molar-refractivity contribution is 0.352. The van der Waals surface area contributed by atoms with Crippen LogP contribution in [0.4, 0.5) is 0 Å². The SMILES string of the molecule is CNC(Cc1nc(-c2cc3ccccc3o2)no1)C1CC1. The molecule has 2 heterocycles. The Morgan fingerprint density at radius 2 is 2.19 bits per heavy atom. The van der Waals surface area contributed by atoms with Crippen LogP contribution in [-0.4, -0.2) is 23.2 Å². The molecule has 1 N–H and O–H groups in total. The summed E-state index contributed by atoms with van der Waals surface area (Å²) in [5, 5.41) is 8.42. The van der Waals surface area contributed by atoms with E-state index < -0.39 is 0 Å². The van der Waals surface area contributed by atoms with Gasteiger partial charge < -0.3 is 14.3 Å². The summed E-state index contributed by atoms with van der Waals surface area (Å²) >= 11 is 0. The number of nitrogens with one attached hydrogen (secondary N) is 1. The van der Waals surface area contributed by atoms with Gasteiger partial charge in [0.05, 0.1) is 0 Å². The van der Waals surface area contributed by atoms with Crippen LogP contribution < -0.4 is 5.32 Å². The minimum atomic E-state index is 0.425. The maximum absolute atomic E-state index is 5.76. The van der Waals surface area contributed by atoms with Gasteiger partial charge in [0.2, 0.25) is 11.7 Å². The fourth-order valence-corrected chi connectivity index (χ4v) is 2.72. The lowest BCUT2D eigenvalue weighted by Crippen LogP contribution is -2.29. The Kier molecular flexibility index (Phi) is 3.00. The molecule has 1 aromatic carbocycles. The van der Waals surface area contributed by atoms with Crippen molar-refractivity contribution < 1.29 is 8.94 Å². The smallest absolute Gasteiger partial charge is 0.238 e. The number of likely N-dealkylation sites (N-methyl/N-ethyl adjacent to an activating group) is 1. The van der Waals surface area contributed by atoms with Crippen LogP contribution in [0.3, 0.4) is 0 Å². The predicted molar refractivity (Wildman–Crippen MR) is 78.8 cm³/mol. The van der Waals surface area contributed by atoms with E-state index in [0.717, 1.165) is 23.3 Å². The molecule has 1 saturated carbocycles. The van der Waals surface area contributed by atoms with Gasteiger partial charge in [-0.1, -0.05) is 23.4 Å². The zero-order valence-corrected chi connectivity index (χ0v) is 11.9. The van der Waals surface area contributed by atoms with Crippen LogP contribution in [0.5, 0.6) is 0 Å².